The molecule has 0 aliphatic carbocycles. The summed E-state index contributed by atoms with van der Waals surface area (Å²) >= 11 is 0. The minimum atomic E-state index is 0.602. The van der Waals surface area contributed by atoms with Crippen LogP contribution in [0.4, 0.5) is 5.69 Å². The first-order chi connectivity index (χ1) is 11.2. The molecule has 2 rings (SSSR count). The van der Waals surface area contributed by atoms with Gasteiger partial charge in [-0.3, -0.25) is 10.1 Å². The number of aliphatic imine (C=N–C) groups is 1. The van der Waals surface area contributed by atoms with Crippen LogP contribution in [-0.4, -0.2) is 29.6 Å². The van der Waals surface area contributed by atoms with Gasteiger partial charge in [0.25, 0.3) is 0 Å². The molecule has 0 amide bonds. The molecule has 1 aromatic heterocycles. The maximum absolute atomic E-state index is 5.79. The molecule has 0 unspecified atom stereocenters. The summed E-state index contributed by atoms with van der Waals surface area (Å²) in [5.41, 5.74) is 3.70. The van der Waals surface area contributed by atoms with Crippen LogP contribution in [0.25, 0.3) is 0 Å². The molecule has 0 fully saturated rings. The average molecular weight is 315 g/mol. The number of unbranched alkanes of at least 4 members (excludes halogenated alkanes) is 1. The van der Waals surface area contributed by atoms with Gasteiger partial charge in [0.05, 0.1) is 24.6 Å². The third-order valence-electron chi connectivity index (χ3n) is 3.46. The molecular weight excluding hydrogens is 290 g/mol. The SMILES string of the molecule is CCCCOc1ccc(C=Nc2c(C)n[nH]c2C)cc1OCC. The first-order valence-electron chi connectivity index (χ1n) is 8.11. The molecule has 0 spiro atoms. The number of aromatic nitrogens is 2. The van der Waals surface area contributed by atoms with Crippen molar-refractivity contribution in [1.29, 1.82) is 0 Å². The Kier molecular flexibility index (Phi) is 6.20. The molecule has 1 heterocycles. The molecule has 2 aromatic rings. The molecular formula is C18H25N3O2. The summed E-state index contributed by atoms with van der Waals surface area (Å²) in [5, 5.41) is 7.08. The normalized spacial score (nSPS) is 11.1. The Morgan fingerprint density at radius 2 is 2.00 bits per heavy atom. The molecule has 0 bridgehead atoms. The lowest BCUT2D eigenvalue weighted by molar-refractivity contribution is 0.272. The maximum atomic E-state index is 5.79. The van der Waals surface area contributed by atoms with Crippen LogP contribution in [0.1, 0.15) is 43.6 Å². The van der Waals surface area contributed by atoms with Crippen molar-refractivity contribution in [2.75, 3.05) is 13.2 Å². The first-order valence-corrected chi connectivity index (χ1v) is 8.11. The van der Waals surface area contributed by atoms with Crippen LogP contribution in [0, 0.1) is 13.8 Å². The Morgan fingerprint density at radius 1 is 1.17 bits per heavy atom. The zero-order chi connectivity index (χ0) is 16.7. The van der Waals surface area contributed by atoms with Gasteiger partial charge in [-0.25, -0.2) is 0 Å². The third-order valence-corrected chi connectivity index (χ3v) is 3.46. The van der Waals surface area contributed by atoms with E-state index in [9.17, 15) is 0 Å². The molecule has 0 saturated heterocycles. The van der Waals surface area contributed by atoms with Crippen molar-refractivity contribution in [2.45, 2.75) is 40.5 Å². The van der Waals surface area contributed by atoms with Crippen LogP contribution < -0.4 is 9.47 Å². The Bertz CT molecular complexity index is 643. The Morgan fingerprint density at radius 3 is 2.65 bits per heavy atom. The van der Waals surface area contributed by atoms with E-state index in [1.165, 1.54) is 0 Å². The number of hydrogen-bond donors (Lipinski definition) is 1. The van der Waals surface area contributed by atoms with E-state index < -0.39 is 0 Å². The molecule has 0 aliphatic heterocycles. The number of nitrogens with one attached hydrogen (secondary N) is 1. The van der Waals surface area contributed by atoms with Crippen molar-refractivity contribution in [3.8, 4) is 11.5 Å². The molecule has 5 nitrogen and oxygen atoms in total. The predicted octanol–water partition coefficient (Wildman–Crippen LogP) is 4.35. The summed E-state index contributed by atoms with van der Waals surface area (Å²) in [4.78, 5) is 4.53. The van der Waals surface area contributed by atoms with Crippen molar-refractivity contribution in [3.05, 3.63) is 35.2 Å². The minimum absolute atomic E-state index is 0.602. The first kappa shape index (κ1) is 17.1. The molecule has 0 saturated carbocycles. The lowest BCUT2D eigenvalue weighted by atomic mass is 10.2. The van der Waals surface area contributed by atoms with Gasteiger partial charge in [0.15, 0.2) is 11.5 Å². The van der Waals surface area contributed by atoms with Crippen LogP contribution in [0.3, 0.4) is 0 Å². The molecule has 1 aromatic carbocycles. The van der Waals surface area contributed by atoms with Crippen molar-refractivity contribution in [2.24, 2.45) is 4.99 Å². The number of hydrogen-bond acceptors (Lipinski definition) is 4. The van der Waals surface area contributed by atoms with E-state index in [1.54, 1.807) is 0 Å². The molecule has 5 heteroatoms. The highest BCUT2D eigenvalue weighted by atomic mass is 16.5. The molecule has 0 aliphatic rings. The molecule has 1 N–H and O–H groups in total. The number of benzene rings is 1. The van der Waals surface area contributed by atoms with Gasteiger partial charge in [0.2, 0.25) is 0 Å². The highest BCUT2D eigenvalue weighted by Gasteiger charge is 2.07. The van der Waals surface area contributed by atoms with Crippen molar-refractivity contribution >= 4 is 11.9 Å². The van der Waals surface area contributed by atoms with E-state index in [-0.39, 0.29) is 0 Å². The predicted molar refractivity (Wildman–Crippen MR) is 93.3 cm³/mol. The van der Waals surface area contributed by atoms with Gasteiger partial charge in [0.1, 0.15) is 5.69 Å². The average Bonchev–Trinajstić information content (AvgIpc) is 2.86. The highest BCUT2D eigenvalue weighted by molar-refractivity contribution is 5.83. The van der Waals surface area contributed by atoms with Crippen molar-refractivity contribution in [1.82, 2.24) is 10.2 Å². The molecule has 0 radical (unpaired) electrons. The van der Waals surface area contributed by atoms with Crippen LogP contribution in [0.5, 0.6) is 11.5 Å². The van der Waals surface area contributed by atoms with E-state index in [2.05, 4.69) is 22.1 Å². The second-order valence-corrected chi connectivity index (χ2v) is 5.38. The quantitative estimate of drug-likeness (QED) is 0.582. The van der Waals surface area contributed by atoms with Gasteiger partial charge >= 0.3 is 0 Å². The fourth-order valence-electron chi connectivity index (χ4n) is 2.19. The van der Waals surface area contributed by atoms with Gasteiger partial charge in [-0.05, 0) is 51.0 Å². The van der Waals surface area contributed by atoms with E-state index in [0.29, 0.717) is 13.2 Å². The molecule has 0 atom stereocenters. The summed E-state index contributed by atoms with van der Waals surface area (Å²) in [7, 11) is 0. The number of aromatic amines is 1. The van der Waals surface area contributed by atoms with E-state index in [0.717, 1.165) is 47.0 Å². The van der Waals surface area contributed by atoms with Gasteiger partial charge in [-0.15, -0.1) is 0 Å². The number of H-pyrrole nitrogens is 1. The van der Waals surface area contributed by atoms with Crippen molar-refractivity contribution < 1.29 is 9.47 Å². The van der Waals surface area contributed by atoms with Crippen molar-refractivity contribution in [3.63, 3.8) is 0 Å². The number of nitrogens with zero attached hydrogens (tertiary/aromatic N) is 2. The fourth-order valence-corrected chi connectivity index (χ4v) is 2.19. The number of ether oxygens (including phenoxy) is 2. The van der Waals surface area contributed by atoms with Crippen LogP contribution in [0.15, 0.2) is 23.2 Å². The molecule has 23 heavy (non-hydrogen) atoms. The zero-order valence-electron chi connectivity index (χ0n) is 14.3. The van der Waals surface area contributed by atoms with Gasteiger partial charge in [-0.1, -0.05) is 13.3 Å². The van der Waals surface area contributed by atoms with Crippen LogP contribution in [0.2, 0.25) is 0 Å². The minimum Gasteiger partial charge on any atom is -0.490 e. The number of aryl methyl sites for hydroxylation is 2. The second-order valence-electron chi connectivity index (χ2n) is 5.38. The summed E-state index contributed by atoms with van der Waals surface area (Å²) < 4.78 is 11.5. The number of rotatable bonds is 8. The summed E-state index contributed by atoms with van der Waals surface area (Å²) in [6, 6.07) is 5.88. The van der Waals surface area contributed by atoms with E-state index in [4.69, 9.17) is 9.47 Å². The summed E-state index contributed by atoms with van der Waals surface area (Å²) in [5.74, 6) is 1.54. The second kappa shape index (κ2) is 8.36. The lowest BCUT2D eigenvalue weighted by Crippen LogP contribution is -2.01. The highest BCUT2D eigenvalue weighted by Crippen LogP contribution is 2.29. The maximum Gasteiger partial charge on any atom is 0.161 e. The van der Waals surface area contributed by atoms with Gasteiger partial charge in [0, 0.05) is 6.21 Å². The monoisotopic (exact) mass is 315 g/mol. The largest absolute Gasteiger partial charge is 0.490 e. The lowest BCUT2D eigenvalue weighted by Gasteiger charge is -2.12. The Hall–Kier alpha value is -2.30. The van der Waals surface area contributed by atoms with Crippen LogP contribution >= 0.6 is 0 Å². The van der Waals surface area contributed by atoms with Gasteiger partial charge in [-0.2, -0.15) is 5.10 Å². The summed E-state index contributed by atoms with van der Waals surface area (Å²) in [6.45, 7) is 9.32. The topological polar surface area (TPSA) is 59.5 Å². The standard InChI is InChI=1S/C18H25N3O2/c1-5-7-10-23-16-9-8-15(11-17(16)22-6-2)12-19-18-13(3)20-21-14(18)4/h8-9,11-12H,5-7,10H2,1-4H3,(H,20,21). The fraction of sp³-hybridized carbons (Fsp3) is 0.444. The van der Waals surface area contributed by atoms with E-state index >= 15 is 0 Å². The zero-order valence-corrected chi connectivity index (χ0v) is 14.3. The Labute approximate surface area is 137 Å². The van der Waals surface area contributed by atoms with Crippen LogP contribution in [-0.2, 0) is 0 Å². The molecule has 124 valence electrons. The van der Waals surface area contributed by atoms with E-state index in [1.807, 2.05) is 45.2 Å². The summed E-state index contributed by atoms with van der Waals surface area (Å²) in [6.07, 6.45) is 3.97. The Balaban J connectivity index is 2.18. The third kappa shape index (κ3) is 4.58. The smallest absolute Gasteiger partial charge is 0.161 e. The van der Waals surface area contributed by atoms with Gasteiger partial charge < -0.3 is 9.47 Å².